The Morgan fingerprint density at radius 3 is 2.56 bits per heavy atom. The molecule has 1 fully saturated rings. The third kappa shape index (κ3) is 3.33. The quantitative estimate of drug-likeness (QED) is 0.733. The maximum atomic E-state index is 12.5. The van der Waals surface area contributed by atoms with Gasteiger partial charge in [-0.15, -0.1) is 0 Å². The third-order valence-corrected chi connectivity index (χ3v) is 4.70. The predicted molar refractivity (Wildman–Crippen MR) is 97.4 cm³/mol. The number of piperazine rings is 1. The van der Waals surface area contributed by atoms with Gasteiger partial charge in [-0.2, -0.15) is 0 Å². The van der Waals surface area contributed by atoms with Gasteiger partial charge in [0.2, 0.25) is 5.91 Å². The van der Waals surface area contributed by atoms with E-state index in [4.69, 9.17) is 0 Å². The van der Waals surface area contributed by atoms with E-state index in [9.17, 15) is 4.79 Å². The summed E-state index contributed by atoms with van der Waals surface area (Å²) in [5.41, 5.74) is 2.05. The van der Waals surface area contributed by atoms with Crippen molar-refractivity contribution < 1.29 is 4.79 Å². The topological polar surface area (TPSA) is 54.3 Å². The minimum absolute atomic E-state index is 0.207. The molecule has 1 aliphatic rings. The van der Waals surface area contributed by atoms with Gasteiger partial charge < -0.3 is 14.4 Å². The van der Waals surface area contributed by atoms with Crippen LogP contribution >= 0.6 is 0 Å². The Morgan fingerprint density at radius 1 is 0.960 bits per heavy atom. The third-order valence-electron chi connectivity index (χ3n) is 4.70. The molecule has 0 aliphatic carbocycles. The van der Waals surface area contributed by atoms with Crippen LogP contribution in [-0.2, 0) is 11.3 Å². The fourth-order valence-corrected chi connectivity index (χ4v) is 3.29. The number of carbonyl (C=O) groups is 1. The van der Waals surface area contributed by atoms with Crippen molar-refractivity contribution >= 4 is 22.8 Å². The minimum Gasteiger partial charge on any atom is -0.353 e. The normalized spacial score (nSPS) is 14.9. The highest BCUT2D eigenvalue weighted by molar-refractivity contribution is 5.78. The molecule has 1 aromatic carbocycles. The first-order chi connectivity index (χ1) is 12.3. The van der Waals surface area contributed by atoms with Crippen molar-refractivity contribution in [3.8, 4) is 0 Å². The average Bonchev–Trinajstić information content (AvgIpc) is 3.10. The SMILES string of the molecule is O=C(CCn1cnc2ccccc21)N1CCN(c2ccccn2)CC1. The fraction of sp³-hybridized carbons (Fsp3) is 0.316. The van der Waals surface area contributed by atoms with Crippen molar-refractivity contribution in [2.24, 2.45) is 0 Å². The van der Waals surface area contributed by atoms with Gasteiger partial charge in [0.1, 0.15) is 5.82 Å². The van der Waals surface area contributed by atoms with Gasteiger partial charge in [-0.25, -0.2) is 9.97 Å². The summed E-state index contributed by atoms with van der Waals surface area (Å²) in [4.78, 5) is 25.5. The molecule has 0 unspecified atom stereocenters. The maximum absolute atomic E-state index is 12.5. The molecule has 128 valence electrons. The van der Waals surface area contributed by atoms with Crippen LogP contribution < -0.4 is 4.90 Å². The first kappa shape index (κ1) is 15.6. The number of imidazole rings is 1. The van der Waals surface area contributed by atoms with E-state index in [2.05, 4.69) is 19.4 Å². The lowest BCUT2D eigenvalue weighted by atomic mass is 10.2. The molecule has 4 rings (SSSR count). The van der Waals surface area contributed by atoms with Gasteiger partial charge in [-0.1, -0.05) is 18.2 Å². The molecule has 0 radical (unpaired) electrons. The van der Waals surface area contributed by atoms with Gasteiger partial charge in [0, 0.05) is 45.3 Å². The number of para-hydroxylation sites is 2. The number of pyridine rings is 1. The zero-order valence-electron chi connectivity index (χ0n) is 14.1. The molecule has 0 N–H and O–H groups in total. The lowest BCUT2D eigenvalue weighted by molar-refractivity contribution is -0.131. The zero-order chi connectivity index (χ0) is 17.1. The summed E-state index contributed by atoms with van der Waals surface area (Å²) in [6.07, 6.45) is 4.13. The Balaban J connectivity index is 1.32. The van der Waals surface area contributed by atoms with Crippen molar-refractivity contribution in [1.82, 2.24) is 19.4 Å². The molecular formula is C19H21N5O. The van der Waals surface area contributed by atoms with Gasteiger partial charge in [-0.3, -0.25) is 4.79 Å². The zero-order valence-corrected chi connectivity index (χ0v) is 14.1. The standard InChI is InChI=1S/C19H21N5O/c25-19(8-10-24-15-21-16-5-1-2-6-17(16)24)23-13-11-22(12-14-23)18-7-3-4-9-20-18/h1-7,9,15H,8,10-14H2. The number of nitrogens with zero attached hydrogens (tertiary/aromatic N) is 5. The van der Waals surface area contributed by atoms with Gasteiger partial charge in [0.05, 0.1) is 17.4 Å². The molecule has 1 aliphatic heterocycles. The average molecular weight is 335 g/mol. The first-order valence-corrected chi connectivity index (χ1v) is 8.65. The second-order valence-electron chi connectivity index (χ2n) is 6.23. The molecule has 0 saturated carbocycles. The van der Waals surface area contributed by atoms with Crippen LogP contribution in [0, 0.1) is 0 Å². The van der Waals surface area contributed by atoms with E-state index < -0.39 is 0 Å². The number of hydrogen-bond acceptors (Lipinski definition) is 4. The Hall–Kier alpha value is -2.89. The number of amides is 1. The number of hydrogen-bond donors (Lipinski definition) is 0. The van der Waals surface area contributed by atoms with Crippen molar-refractivity contribution in [1.29, 1.82) is 0 Å². The summed E-state index contributed by atoms with van der Waals surface area (Å²) >= 11 is 0. The van der Waals surface area contributed by atoms with Crippen LogP contribution in [-0.4, -0.2) is 51.5 Å². The first-order valence-electron chi connectivity index (χ1n) is 8.65. The number of aromatic nitrogens is 3. The molecular weight excluding hydrogens is 314 g/mol. The summed E-state index contributed by atoms with van der Waals surface area (Å²) in [6, 6.07) is 13.9. The van der Waals surface area contributed by atoms with Gasteiger partial charge in [0.15, 0.2) is 0 Å². The molecule has 3 heterocycles. The second-order valence-corrected chi connectivity index (χ2v) is 6.23. The summed E-state index contributed by atoms with van der Waals surface area (Å²) in [7, 11) is 0. The highest BCUT2D eigenvalue weighted by Gasteiger charge is 2.21. The smallest absolute Gasteiger partial charge is 0.224 e. The molecule has 3 aromatic rings. The number of aryl methyl sites for hydroxylation is 1. The van der Waals surface area contributed by atoms with E-state index in [1.807, 2.05) is 59.9 Å². The predicted octanol–water partition coefficient (Wildman–Crippen LogP) is 2.17. The Labute approximate surface area is 146 Å². The largest absolute Gasteiger partial charge is 0.353 e. The molecule has 0 spiro atoms. The van der Waals surface area contributed by atoms with E-state index in [0.717, 1.165) is 43.0 Å². The lowest BCUT2D eigenvalue weighted by Gasteiger charge is -2.35. The monoisotopic (exact) mass is 335 g/mol. The summed E-state index contributed by atoms with van der Waals surface area (Å²) < 4.78 is 2.05. The molecule has 0 atom stereocenters. The van der Waals surface area contributed by atoms with Crippen LogP contribution in [0.15, 0.2) is 55.0 Å². The highest BCUT2D eigenvalue weighted by atomic mass is 16.2. The van der Waals surface area contributed by atoms with E-state index >= 15 is 0 Å². The molecule has 1 saturated heterocycles. The molecule has 6 nitrogen and oxygen atoms in total. The van der Waals surface area contributed by atoms with Gasteiger partial charge >= 0.3 is 0 Å². The van der Waals surface area contributed by atoms with Gasteiger partial charge in [0.25, 0.3) is 0 Å². The van der Waals surface area contributed by atoms with Crippen LogP contribution in [0.3, 0.4) is 0 Å². The Kier molecular flexibility index (Phi) is 4.33. The highest BCUT2D eigenvalue weighted by Crippen LogP contribution is 2.15. The molecule has 0 bridgehead atoms. The Morgan fingerprint density at radius 2 is 1.76 bits per heavy atom. The van der Waals surface area contributed by atoms with Crippen LogP contribution in [0.25, 0.3) is 11.0 Å². The van der Waals surface area contributed by atoms with Gasteiger partial charge in [-0.05, 0) is 24.3 Å². The van der Waals surface area contributed by atoms with Crippen molar-refractivity contribution in [3.63, 3.8) is 0 Å². The number of fused-ring (bicyclic) bond motifs is 1. The van der Waals surface area contributed by atoms with Crippen molar-refractivity contribution in [2.75, 3.05) is 31.1 Å². The van der Waals surface area contributed by atoms with Crippen molar-refractivity contribution in [3.05, 3.63) is 55.0 Å². The van der Waals surface area contributed by atoms with E-state index in [0.29, 0.717) is 13.0 Å². The Bertz CT molecular complexity index is 852. The summed E-state index contributed by atoms with van der Waals surface area (Å²) in [6.45, 7) is 3.83. The van der Waals surface area contributed by atoms with E-state index in [1.54, 1.807) is 0 Å². The fourth-order valence-electron chi connectivity index (χ4n) is 3.29. The van der Waals surface area contributed by atoms with Crippen LogP contribution in [0.1, 0.15) is 6.42 Å². The van der Waals surface area contributed by atoms with Crippen LogP contribution in [0.4, 0.5) is 5.82 Å². The molecule has 2 aromatic heterocycles. The number of anilines is 1. The summed E-state index contributed by atoms with van der Waals surface area (Å²) in [5, 5.41) is 0. The molecule has 25 heavy (non-hydrogen) atoms. The van der Waals surface area contributed by atoms with Crippen LogP contribution in [0.5, 0.6) is 0 Å². The van der Waals surface area contributed by atoms with Crippen molar-refractivity contribution in [2.45, 2.75) is 13.0 Å². The molecule has 6 heteroatoms. The second kappa shape index (κ2) is 6.93. The van der Waals surface area contributed by atoms with Crippen LogP contribution in [0.2, 0.25) is 0 Å². The summed E-state index contributed by atoms with van der Waals surface area (Å²) in [5.74, 6) is 1.19. The minimum atomic E-state index is 0.207. The number of benzene rings is 1. The van der Waals surface area contributed by atoms with E-state index in [-0.39, 0.29) is 5.91 Å². The molecule has 1 amide bonds. The maximum Gasteiger partial charge on any atom is 0.224 e. The number of carbonyl (C=O) groups excluding carboxylic acids is 1. The number of rotatable bonds is 4. The lowest BCUT2D eigenvalue weighted by Crippen LogP contribution is -2.49. The van der Waals surface area contributed by atoms with E-state index in [1.165, 1.54) is 0 Å².